The highest BCUT2D eigenvalue weighted by Gasteiger charge is 2.69. The van der Waals surface area contributed by atoms with Crippen LogP contribution in [0.15, 0.2) is 11.6 Å². The quantitative estimate of drug-likeness (QED) is 0.190. The van der Waals surface area contributed by atoms with Gasteiger partial charge in [-0.2, -0.15) is 0 Å². The summed E-state index contributed by atoms with van der Waals surface area (Å²) in [5.74, 6) is -1.56. The molecule has 0 aromatic heterocycles. The average molecular weight is 628 g/mol. The maximum Gasteiger partial charge on any atom is 0.408 e. The molecule has 45 heavy (non-hydrogen) atoms. The Morgan fingerprint density at radius 1 is 1.02 bits per heavy atom. The number of carbonyl (C=O) groups excluding carboxylic acids is 5. The molecule has 3 aliphatic carbocycles. The number of amides is 3. The lowest BCUT2D eigenvalue weighted by molar-refractivity contribution is -0.144. The van der Waals surface area contributed by atoms with Gasteiger partial charge < -0.3 is 20.3 Å². The summed E-state index contributed by atoms with van der Waals surface area (Å²) in [6.45, 7) is 11.9. The van der Waals surface area contributed by atoms with Crippen LogP contribution in [0.5, 0.6) is 0 Å². The number of carbonyl (C=O) groups is 5. The molecule has 1 saturated heterocycles. The third-order valence-corrected chi connectivity index (χ3v) is 10.6. The highest BCUT2D eigenvalue weighted by Crippen LogP contribution is 2.65. The zero-order valence-electron chi connectivity index (χ0n) is 28.5. The van der Waals surface area contributed by atoms with E-state index in [1.165, 1.54) is 18.4 Å². The molecule has 5 unspecified atom stereocenters. The van der Waals surface area contributed by atoms with Gasteiger partial charge in [0.1, 0.15) is 17.7 Å². The predicted octanol–water partition coefficient (Wildman–Crippen LogP) is 6.04. The van der Waals surface area contributed by atoms with E-state index in [-0.39, 0.29) is 41.4 Å². The molecule has 252 valence electrons. The summed E-state index contributed by atoms with van der Waals surface area (Å²) in [5, 5.41) is 5.80. The number of piperidine rings is 1. The van der Waals surface area contributed by atoms with Crippen LogP contribution in [0, 0.1) is 23.2 Å². The van der Waals surface area contributed by atoms with Gasteiger partial charge in [0.2, 0.25) is 23.4 Å². The number of hydrogen-bond acceptors (Lipinski definition) is 6. The summed E-state index contributed by atoms with van der Waals surface area (Å²) in [4.78, 5) is 69.2. The van der Waals surface area contributed by atoms with E-state index >= 15 is 0 Å². The van der Waals surface area contributed by atoms with Crippen LogP contribution in [-0.2, 0) is 23.9 Å². The van der Waals surface area contributed by atoms with Gasteiger partial charge in [-0.3, -0.25) is 19.2 Å². The van der Waals surface area contributed by atoms with Gasteiger partial charge in [0.25, 0.3) is 0 Å². The smallest absolute Gasteiger partial charge is 0.408 e. The zero-order valence-corrected chi connectivity index (χ0v) is 28.5. The Morgan fingerprint density at radius 3 is 2.36 bits per heavy atom. The second-order valence-corrected chi connectivity index (χ2v) is 15.5. The molecule has 3 amide bonds. The van der Waals surface area contributed by atoms with Gasteiger partial charge in [0.15, 0.2) is 0 Å². The number of ether oxygens (including phenoxy) is 1. The van der Waals surface area contributed by atoms with Crippen molar-refractivity contribution in [1.82, 2.24) is 15.5 Å². The number of Topliss-reactive ketones (excluding diaryl/α,β-unsaturated/α-hetero) is 2. The van der Waals surface area contributed by atoms with E-state index in [0.717, 1.165) is 51.4 Å². The van der Waals surface area contributed by atoms with E-state index < -0.39 is 41.4 Å². The third kappa shape index (κ3) is 8.76. The fourth-order valence-corrected chi connectivity index (χ4v) is 8.01. The van der Waals surface area contributed by atoms with Crippen LogP contribution in [0.3, 0.4) is 0 Å². The highest BCUT2D eigenvalue weighted by molar-refractivity contribution is 6.39. The van der Waals surface area contributed by atoms with E-state index in [0.29, 0.717) is 25.8 Å². The SMILES string of the molecule is CCCC(NC(=O)C1C2C(CN1C(=O)C(NC(=O)OC(C)(C)C)C1CCCCC1)C2(C)C)C(=O)C(=O)CCCC1=CCCCC1. The van der Waals surface area contributed by atoms with Crippen molar-refractivity contribution in [3.8, 4) is 0 Å². The van der Waals surface area contributed by atoms with Crippen LogP contribution >= 0.6 is 0 Å². The summed E-state index contributed by atoms with van der Waals surface area (Å²) in [5.41, 5.74) is 0.545. The Morgan fingerprint density at radius 2 is 1.73 bits per heavy atom. The summed E-state index contributed by atoms with van der Waals surface area (Å²) in [6, 6.07) is -2.45. The Labute approximate surface area is 270 Å². The van der Waals surface area contributed by atoms with Crippen LogP contribution in [0.4, 0.5) is 4.79 Å². The fraction of sp³-hybridized carbons (Fsp3) is 0.806. The molecule has 9 heteroatoms. The minimum absolute atomic E-state index is 0.0381. The zero-order chi connectivity index (χ0) is 32.9. The maximum absolute atomic E-state index is 14.3. The Bertz CT molecular complexity index is 1150. The van der Waals surface area contributed by atoms with Crippen LogP contribution in [0.1, 0.15) is 131 Å². The minimum atomic E-state index is -0.907. The van der Waals surface area contributed by atoms with E-state index in [4.69, 9.17) is 4.74 Å². The summed E-state index contributed by atoms with van der Waals surface area (Å²) in [6.07, 6.45) is 13.5. The first-order chi connectivity index (χ1) is 21.2. The van der Waals surface area contributed by atoms with Gasteiger partial charge in [0.05, 0.1) is 6.04 Å². The largest absolute Gasteiger partial charge is 0.444 e. The topological polar surface area (TPSA) is 122 Å². The Hall–Kier alpha value is -2.71. The lowest BCUT2D eigenvalue weighted by atomic mass is 9.83. The van der Waals surface area contributed by atoms with Crippen LogP contribution < -0.4 is 10.6 Å². The van der Waals surface area contributed by atoms with Crippen molar-refractivity contribution in [2.24, 2.45) is 23.2 Å². The highest BCUT2D eigenvalue weighted by atomic mass is 16.6. The summed E-state index contributed by atoms with van der Waals surface area (Å²) in [7, 11) is 0. The molecule has 0 bridgehead atoms. The number of ketones is 2. The molecule has 0 spiro atoms. The molecule has 0 aromatic carbocycles. The molecule has 4 aliphatic rings. The monoisotopic (exact) mass is 627 g/mol. The molecule has 2 saturated carbocycles. The lowest BCUT2D eigenvalue weighted by Gasteiger charge is -2.37. The summed E-state index contributed by atoms with van der Waals surface area (Å²) < 4.78 is 5.53. The molecule has 3 fully saturated rings. The molecular formula is C36H57N3O6. The van der Waals surface area contributed by atoms with Gasteiger partial charge in [-0.25, -0.2) is 4.79 Å². The molecule has 5 atom stereocenters. The summed E-state index contributed by atoms with van der Waals surface area (Å²) >= 11 is 0. The first-order valence-corrected chi connectivity index (χ1v) is 17.6. The molecule has 1 heterocycles. The van der Waals surface area contributed by atoms with Crippen LogP contribution in [-0.4, -0.2) is 64.6 Å². The number of nitrogens with one attached hydrogen (secondary N) is 2. The average Bonchev–Trinajstić information content (AvgIpc) is 3.30. The van der Waals surface area contributed by atoms with Crippen molar-refractivity contribution in [2.75, 3.05) is 6.54 Å². The van der Waals surface area contributed by atoms with E-state index in [2.05, 4.69) is 30.6 Å². The normalized spacial score (nSPS) is 25.8. The van der Waals surface area contributed by atoms with Gasteiger partial charge in [0, 0.05) is 13.0 Å². The Balaban J connectivity index is 1.47. The standard InChI is InChI=1S/C36H57N3O6/c1-7-15-26(31(41)27(40)21-14-18-23-16-10-8-11-17-23)37-32(42)30-28-25(36(28,5)6)22-39(30)33(43)29(24-19-12-9-13-20-24)38-34(44)45-35(2,3)4/h16,24-26,28-30H,7-15,17-22H2,1-6H3,(H,37,42)(H,38,44). The van der Waals surface area contributed by atoms with Crippen molar-refractivity contribution in [3.05, 3.63) is 11.6 Å². The molecule has 0 aromatic rings. The Kier molecular flexibility index (Phi) is 11.6. The van der Waals surface area contributed by atoms with Crippen molar-refractivity contribution in [2.45, 2.75) is 155 Å². The van der Waals surface area contributed by atoms with Gasteiger partial charge in [-0.05, 0) is 102 Å². The second kappa shape index (κ2) is 14.8. The number of nitrogens with zero attached hydrogens (tertiary/aromatic N) is 1. The predicted molar refractivity (Wildman–Crippen MR) is 173 cm³/mol. The van der Waals surface area contributed by atoms with Crippen molar-refractivity contribution < 1.29 is 28.7 Å². The number of rotatable bonds is 13. The van der Waals surface area contributed by atoms with Crippen molar-refractivity contribution in [1.29, 1.82) is 0 Å². The number of hydrogen-bond donors (Lipinski definition) is 2. The van der Waals surface area contributed by atoms with Crippen molar-refractivity contribution >= 4 is 29.5 Å². The lowest BCUT2D eigenvalue weighted by Crippen LogP contribution is -2.59. The number of alkyl carbamates (subject to hydrolysis) is 1. The molecule has 1 aliphatic heterocycles. The van der Waals surface area contributed by atoms with Gasteiger partial charge in [-0.15, -0.1) is 0 Å². The molecule has 2 N–H and O–H groups in total. The van der Waals surface area contributed by atoms with E-state index in [1.807, 2.05) is 6.92 Å². The molecular weight excluding hydrogens is 570 g/mol. The fourth-order valence-electron chi connectivity index (χ4n) is 8.01. The molecule has 9 nitrogen and oxygen atoms in total. The first kappa shape index (κ1) is 35.1. The third-order valence-electron chi connectivity index (χ3n) is 10.6. The van der Waals surface area contributed by atoms with Gasteiger partial charge >= 0.3 is 6.09 Å². The molecule has 4 rings (SSSR count). The number of fused-ring (bicyclic) bond motifs is 1. The first-order valence-electron chi connectivity index (χ1n) is 17.6. The minimum Gasteiger partial charge on any atom is -0.444 e. The van der Waals surface area contributed by atoms with Crippen molar-refractivity contribution in [3.63, 3.8) is 0 Å². The number of allylic oxidation sites excluding steroid dienone is 2. The number of likely N-dealkylation sites (tertiary alicyclic amines) is 1. The van der Waals surface area contributed by atoms with Crippen LogP contribution in [0.2, 0.25) is 0 Å². The maximum atomic E-state index is 14.3. The van der Waals surface area contributed by atoms with E-state index in [1.54, 1.807) is 25.7 Å². The molecule has 0 radical (unpaired) electrons. The van der Waals surface area contributed by atoms with E-state index in [9.17, 15) is 24.0 Å². The van der Waals surface area contributed by atoms with Crippen LogP contribution in [0.25, 0.3) is 0 Å². The second-order valence-electron chi connectivity index (χ2n) is 15.5. The van der Waals surface area contributed by atoms with Gasteiger partial charge in [-0.1, -0.05) is 58.1 Å².